The topological polar surface area (TPSA) is 95.2 Å². The van der Waals surface area contributed by atoms with Crippen LogP contribution in [-0.4, -0.2) is 0 Å². The lowest BCUT2D eigenvalue weighted by atomic mass is 9.65. The van der Waals surface area contributed by atoms with E-state index < -0.39 is 10.8 Å². The second kappa shape index (κ2) is 6.52. The third-order valence-electron chi connectivity index (χ3n) is 3.07. The van der Waals surface area contributed by atoms with E-state index in [-0.39, 0.29) is 0 Å². The molecule has 0 aliphatic rings. The molecule has 0 radical (unpaired) electrons. The molecular weight excluding hydrogens is 212 g/mol. The Balaban J connectivity index is 4.60. The van der Waals surface area contributed by atoms with Gasteiger partial charge in [-0.1, -0.05) is 12.8 Å². The summed E-state index contributed by atoms with van der Waals surface area (Å²) in [5, 5.41) is 35.8. The molecule has 88 valence electrons. The van der Waals surface area contributed by atoms with Crippen LogP contribution in [0.5, 0.6) is 0 Å². The maximum absolute atomic E-state index is 9.17. The van der Waals surface area contributed by atoms with Gasteiger partial charge < -0.3 is 0 Å². The van der Waals surface area contributed by atoms with Crippen LogP contribution in [0, 0.1) is 56.2 Å². The minimum Gasteiger partial charge on any atom is -0.198 e. The molecule has 0 aromatic rings. The number of unbranched alkanes of at least 4 members (excludes halogenated alkanes) is 3. The van der Waals surface area contributed by atoms with Crippen molar-refractivity contribution in [3.05, 3.63) is 0 Å². The van der Waals surface area contributed by atoms with Gasteiger partial charge in [-0.15, -0.1) is 0 Å². The van der Waals surface area contributed by atoms with Crippen LogP contribution in [0.3, 0.4) is 0 Å². The van der Waals surface area contributed by atoms with Gasteiger partial charge in [-0.05, 0) is 26.7 Å². The highest BCUT2D eigenvalue weighted by atomic mass is 14.5. The molecule has 0 aliphatic carbocycles. The van der Waals surface area contributed by atoms with Gasteiger partial charge in [-0.25, -0.2) is 0 Å². The quantitative estimate of drug-likeness (QED) is 0.652. The maximum Gasteiger partial charge on any atom is 0.161 e. The highest BCUT2D eigenvalue weighted by Crippen LogP contribution is 2.41. The zero-order valence-electron chi connectivity index (χ0n) is 10.3. The lowest BCUT2D eigenvalue weighted by Crippen LogP contribution is -2.34. The summed E-state index contributed by atoms with van der Waals surface area (Å²) in [7, 11) is 0. The van der Waals surface area contributed by atoms with Crippen LogP contribution in [0.2, 0.25) is 0 Å². The van der Waals surface area contributed by atoms with Gasteiger partial charge in [-0.3, -0.25) is 0 Å². The molecule has 0 amide bonds. The smallest absolute Gasteiger partial charge is 0.161 e. The SMILES string of the molecule is CC(C)(C#N)C(C#N)(C#N)CCCCCC#N. The van der Waals surface area contributed by atoms with Crippen LogP contribution >= 0.6 is 0 Å². The van der Waals surface area contributed by atoms with Crippen molar-refractivity contribution in [1.29, 1.82) is 21.0 Å². The van der Waals surface area contributed by atoms with E-state index in [1.807, 2.05) is 18.2 Å². The molecule has 4 heteroatoms. The molecule has 0 atom stereocenters. The van der Waals surface area contributed by atoms with E-state index in [2.05, 4.69) is 6.07 Å². The second-order valence-corrected chi connectivity index (χ2v) is 4.58. The summed E-state index contributed by atoms with van der Waals surface area (Å²) >= 11 is 0. The number of rotatable bonds is 6. The van der Waals surface area contributed by atoms with Gasteiger partial charge in [0.15, 0.2) is 5.41 Å². The second-order valence-electron chi connectivity index (χ2n) is 4.58. The van der Waals surface area contributed by atoms with E-state index in [9.17, 15) is 10.5 Å². The fourth-order valence-corrected chi connectivity index (χ4v) is 1.60. The van der Waals surface area contributed by atoms with Gasteiger partial charge in [0, 0.05) is 6.42 Å². The Morgan fingerprint density at radius 1 is 0.824 bits per heavy atom. The Morgan fingerprint density at radius 3 is 1.82 bits per heavy atom. The molecule has 0 bridgehead atoms. The minimum atomic E-state index is -1.26. The van der Waals surface area contributed by atoms with Crippen LogP contribution < -0.4 is 0 Å². The fourth-order valence-electron chi connectivity index (χ4n) is 1.60. The Morgan fingerprint density at radius 2 is 1.41 bits per heavy atom. The van der Waals surface area contributed by atoms with Gasteiger partial charge in [-0.2, -0.15) is 21.0 Å². The molecule has 0 aromatic heterocycles. The van der Waals surface area contributed by atoms with Crippen LogP contribution in [0.15, 0.2) is 0 Å². The summed E-state index contributed by atoms with van der Waals surface area (Å²) in [5.41, 5.74) is -2.24. The molecule has 0 rings (SSSR count). The summed E-state index contributed by atoms with van der Waals surface area (Å²) < 4.78 is 0. The van der Waals surface area contributed by atoms with Crippen molar-refractivity contribution in [3.63, 3.8) is 0 Å². The lowest BCUT2D eigenvalue weighted by Gasteiger charge is -2.30. The van der Waals surface area contributed by atoms with Crippen LogP contribution in [0.25, 0.3) is 0 Å². The van der Waals surface area contributed by atoms with Crippen molar-refractivity contribution in [2.24, 2.45) is 10.8 Å². The monoisotopic (exact) mass is 228 g/mol. The van der Waals surface area contributed by atoms with Crippen LogP contribution in [0.1, 0.15) is 46.0 Å². The lowest BCUT2D eigenvalue weighted by molar-refractivity contribution is 0.249. The van der Waals surface area contributed by atoms with E-state index in [4.69, 9.17) is 10.5 Å². The van der Waals surface area contributed by atoms with Crippen LogP contribution in [0.4, 0.5) is 0 Å². The van der Waals surface area contributed by atoms with E-state index in [0.29, 0.717) is 19.3 Å². The maximum atomic E-state index is 9.17. The molecule has 0 unspecified atom stereocenters. The molecule has 4 nitrogen and oxygen atoms in total. The predicted molar refractivity (Wildman–Crippen MR) is 61.8 cm³/mol. The Hall–Kier alpha value is -2.04. The van der Waals surface area contributed by atoms with Crippen molar-refractivity contribution in [2.75, 3.05) is 0 Å². The first kappa shape index (κ1) is 15.0. The van der Waals surface area contributed by atoms with E-state index >= 15 is 0 Å². The zero-order chi connectivity index (χ0) is 13.4. The standard InChI is InChI=1S/C13H16N4/c1-12(2,9-15)13(10-16,11-17)7-5-3-4-6-8-14/h3-7H2,1-2H3. The van der Waals surface area contributed by atoms with Gasteiger partial charge >= 0.3 is 0 Å². The van der Waals surface area contributed by atoms with E-state index in [0.717, 1.165) is 12.8 Å². The third kappa shape index (κ3) is 3.48. The molecule has 0 aliphatic heterocycles. The molecule has 0 aromatic carbocycles. The van der Waals surface area contributed by atoms with E-state index in [1.54, 1.807) is 13.8 Å². The predicted octanol–water partition coefficient (Wildman–Crippen LogP) is 3.04. The first-order valence-corrected chi connectivity index (χ1v) is 5.60. The Labute approximate surface area is 103 Å². The highest BCUT2D eigenvalue weighted by molar-refractivity contribution is 5.25. The number of nitriles is 4. The molecular formula is C13H16N4. The van der Waals surface area contributed by atoms with Gasteiger partial charge in [0.1, 0.15) is 0 Å². The summed E-state index contributed by atoms with van der Waals surface area (Å²) in [6, 6.07) is 8.09. The molecule has 0 saturated carbocycles. The highest BCUT2D eigenvalue weighted by Gasteiger charge is 2.46. The van der Waals surface area contributed by atoms with Gasteiger partial charge in [0.2, 0.25) is 0 Å². The van der Waals surface area contributed by atoms with Crippen molar-refractivity contribution in [1.82, 2.24) is 0 Å². The first-order chi connectivity index (χ1) is 7.99. The largest absolute Gasteiger partial charge is 0.198 e. The average molecular weight is 228 g/mol. The summed E-state index contributed by atoms with van der Waals surface area (Å²) in [4.78, 5) is 0. The molecule has 0 saturated heterocycles. The van der Waals surface area contributed by atoms with Crippen LogP contribution in [-0.2, 0) is 0 Å². The minimum absolute atomic E-state index is 0.381. The molecule has 0 spiro atoms. The van der Waals surface area contributed by atoms with Crippen molar-refractivity contribution in [2.45, 2.75) is 46.0 Å². The summed E-state index contributed by atoms with van der Waals surface area (Å²) in [6.45, 7) is 3.24. The van der Waals surface area contributed by atoms with Crippen molar-refractivity contribution in [3.8, 4) is 24.3 Å². The number of hydrogen-bond donors (Lipinski definition) is 0. The summed E-state index contributed by atoms with van der Waals surface area (Å²) in [5.74, 6) is 0. The zero-order valence-corrected chi connectivity index (χ0v) is 10.3. The number of hydrogen-bond acceptors (Lipinski definition) is 4. The Bertz CT molecular complexity index is 395. The van der Waals surface area contributed by atoms with Crippen molar-refractivity contribution < 1.29 is 0 Å². The number of nitrogens with zero attached hydrogens (tertiary/aromatic N) is 4. The van der Waals surface area contributed by atoms with Crippen molar-refractivity contribution >= 4 is 0 Å². The van der Waals surface area contributed by atoms with Gasteiger partial charge in [0.25, 0.3) is 0 Å². The average Bonchev–Trinajstić information content (AvgIpc) is 2.34. The summed E-state index contributed by atoms with van der Waals surface area (Å²) in [6.07, 6.45) is 3.14. The van der Waals surface area contributed by atoms with E-state index in [1.165, 1.54) is 0 Å². The normalized spacial score (nSPS) is 10.7. The Kier molecular flexibility index (Phi) is 5.74. The fraction of sp³-hybridized carbons (Fsp3) is 0.692. The molecule has 17 heavy (non-hydrogen) atoms. The molecule has 0 heterocycles. The molecule has 0 fully saturated rings. The molecule has 0 N–H and O–H groups in total. The first-order valence-electron chi connectivity index (χ1n) is 5.60. The third-order valence-corrected chi connectivity index (χ3v) is 3.07. The van der Waals surface area contributed by atoms with Gasteiger partial charge in [0.05, 0.1) is 29.7 Å².